The van der Waals surface area contributed by atoms with Crippen LogP contribution in [0.25, 0.3) is 0 Å². The first-order chi connectivity index (χ1) is 12.7. The molecule has 3 aromatic carbocycles. The van der Waals surface area contributed by atoms with Crippen LogP contribution >= 0.6 is 10.3 Å². The van der Waals surface area contributed by atoms with Gasteiger partial charge >= 0.3 is 5.97 Å². The molecule has 0 heterocycles. The van der Waals surface area contributed by atoms with Crippen LogP contribution in [0.2, 0.25) is 0 Å². The fraction of sp³-hybridized carbons (Fsp3) is 0.174. The Morgan fingerprint density at radius 3 is 1.65 bits per heavy atom. The molecular formula is C23H24O2S. The summed E-state index contributed by atoms with van der Waals surface area (Å²) in [5.74, 6) is -0.273. The van der Waals surface area contributed by atoms with Gasteiger partial charge in [0.15, 0.2) is 0 Å². The Bertz CT molecular complexity index is 803. The minimum absolute atomic E-state index is 0.273. The number of carbonyl (C=O) groups is 1. The highest BCUT2D eigenvalue weighted by Gasteiger charge is 2.34. The second kappa shape index (κ2) is 8.24. The number of hydrogen-bond donors (Lipinski definition) is 0. The van der Waals surface area contributed by atoms with Crippen molar-refractivity contribution in [2.75, 3.05) is 0 Å². The van der Waals surface area contributed by atoms with Crippen LogP contribution in [0.5, 0.6) is 0 Å². The lowest BCUT2D eigenvalue weighted by Crippen LogP contribution is -2.11. The van der Waals surface area contributed by atoms with Crippen LogP contribution in [0.4, 0.5) is 0 Å². The molecule has 0 saturated carbocycles. The zero-order valence-electron chi connectivity index (χ0n) is 15.2. The average Bonchev–Trinajstić information content (AvgIpc) is 2.68. The molecule has 0 aliphatic rings. The van der Waals surface area contributed by atoms with Crippen LogP contribution < -0.4 is 0 Å². The van der Waals surface area contributed by atoms with Crippen molar-refractivity contribution in [2.45, 2.75) is 41.4 Å². The normalized spacial score (nSPS) is 11.8. The minimum Gasteiger partial charge on any atom is -0.402 e. The molecule has 0 atom stereocenters. The standard InChI is InChI=1S/C23H24O2S/c1-3-10-20-15-17-23(18-16-20)26(25-19(2)24,21-11-6-4-7-12-21)22-13-8-5-9-14-22/h4-9,11-18H,3,10H2,1-2H3. The van der Waals surface area contributed by atoms with Gasteiger partial charge < -0.3 is 4.18 Å². The van der Waals surface area contributed by atoms with Crippen molar-refractivity contribution < 1.29 is 8.98 Å². The van der Waals surface area contributed by atoms with Gasteiger partial charge in [0.25, 0.3) is 0 Å². The molecule has 0 aliphatic heterocycles. The van der Waals surface area contributed by atoms with Gasteiger partial charge in [0, 0.05) is 21.6 Å². The van der Waals surface area contributed by atoms with E-state index in [4.69, 9.17) is 4.18 Å². The molecule has 0 bridgehead atoms. The van der Waals surface area contributed by atoms with Crippen LogP contribution in [-0.2, 0) is 15.4 Å². The predicted octanol–water partition coefficient (Wildman–Crippen LogP) is 6.40. The molecule has 0 spiro atoms. The third-order valence-corrected chi connectivity index (χ3v) is 7.48. The molecule has 134 valence electrons. The Kier molecular flexibility index (Phi) is 5.79. The topological polar surface area (TPSA) is 26.3 Å². The molecule has 2 nitrogen and oxygen atoms in total. The molecule has 3 rings (SSSR count). The van der Waals surface area contributed by atoms with Crippen LogP contribution in [0.1, 0.15) is 25.8 Å². The van der Waals surface area contributed by atoms with Gasteiger partial charge in [-0.1, -0.05) is 61.9 Å². The van der Waals surface area contributed by atoms with E-state index in [0.717, 1.165) is 27.5 Å². The molecule has 3 heteroatoms. The van der Waals surface area contributed by atoms with Gasteiger partial charge in [0.1, 0.15) is 0 Å². The van der Waals surface area contributed by atoms with E-state index < -0.39 is 10.3 Å². The lowest BCUT2D eigenvalue weighted by Gasteiger charge is -2.39. The summed E-state index contributed by atoms with van der Waals surface area (Å²) in [4.78, 5) is 15.2. The summed E-state index contributed by atoms with van der Waals surface area (Å²) in [6.07, 6.45) is 2.16. The average molecular weight is 365 g/mol. The summed E-state index contributed by atoms with van der Waals surface area (Å²) >= 11 is 0. The molecular weight excluding hydrogens is 340 g/mol. The first-order valence-electron chi connectivity index (χ1n) is 8.89. The Hall–Kier alpha value is -2.52. The highest BCUT2D eigenvalue weighted by Crippen LogP contribution is 2.69. The smallest absolute Gasteiger partial charge is 0.313 e. The molecule has 0 aliphatic carbocycles. The second-order valence-corrected chi connectivity index (χ2v) is 8.84. The van der Waals surface area contributed by atoms with Crippen LogP contribution in [0, 0.1) is 0 Å². The maximum Gasteiger partial charge on any atom is 0.313 e. The fourth-order valence-corrected chi connectivity index (χ4v) is 6.15. The van der Waals surface area contributed by atoms with Crippen LogP contribution in [-0.4, -0.2) is 5.97 Å². The third-order valence-electron chi connectivity index (χ3n) is 4.19. The van der Waals surface area contributed by atoms with Crippen molar-refractivity contribution in [3.63, 3.8) is 0 Å². The van der Waals surface area contributed by atoms with Gasteiger partial charge in [-0.2, -0.15) is 0 Å². The first kappa shape index (κ1) is 18.3. The summed E-state index contributed by atoms with van der Waals surface area (Å²) in [5.41, 5.74) is 1.30. The van der Waals surface area contributed by atoms with E-state index in [1.54, 1.807) is 0 Å². The maximum absolute atomic E-state index is 12.1. The van der Waals surface area contributed by atoms with Gasteiger partial charge in [-0.15, -0.1) is 0 Å². The van der Waals surface area contributed by atoms with E-state index in [-0.39, 0.29) is 5.97 Å². The molecule has 0 radical (unpaired) electrons. The number of rotatable bonds is 6. The zero-order valence-corrected chi connectivity index (χ0v) is 16.0. The Balaban J connectivity index is 2.24. The molecule has 0 amide bonds. The van der Waals surface area contributed by atoms with Crippen molar-refractivity contribution in [2.24, 2.45) is 0 Å². The molecule has 0 N–H and O–H groups in total. The maximum atomic E-state index is 12.1. The van der Waals surface area contributed by atoms with Gasteiger partial charge in [-0.3, -0.25) is 4.79 Å². The Morgan fingerprint density at radius 2 is 1.23 bits per heavy atom. The number of aryl methyl sites for hydroxylation is 1. The third kappa shape index (κ3) is 3.68. The highest BCUT2D eigenvalue weighted by atomic mass is 32.3. The molecule has 3 aromatic rings. The highest BCUT2D eigenvalue weighted by molar-refractivity contribution is 8.30. The molecule has 0 unspecified atom stereocenters. The van der Waals surface area contributed by atoms with E-state index in [2.05, 4.69) is 31.2 Å². The second-order valence-electron chi connectivity index (χ2n) is 6.15. The number of hydrogen-bond acceptors (Lipinski definition) is 2. The monoisotopic (exact) mass is 364 g/mol. The molecule has 0 saturated heterocycles. The van der Waals surface area contributed by atoms with Gasteiger partial charge in [0.2, 0.25) is 0 Å². The van der Waals surface area contributed by atoms with Gasteiger partial charge in [-0.05, 0) is 58.7 Å². The summed E-state index contributed by atoms with van der Waals surface area (Å²) in [6, 6.07) is 28.7. The van der Waals surface area contributed by atoms with Crippen molar-refractivity contribution in [3.8, 4) is 0 Å². The lowest BCUT2D eigenvalue weighted by molar-refractivity contribution is -0.131. The Morgan fingerprint density at radius 1 is 0.769 bits per heavy atom. The minimum atomic E-state index is -2.11. The largest absolute Gasteiger partial charge is 0.402 e. The fourth-order valence-electron chi connectivity index (χ4n) is 3.09. The lowest BCUT2D eigenvalue weighted by atomic mass is 10.1. The van der Waals surface area contributed by atoms with Crippen molar-refractivity contribution >= 4 is 16.3 Å². The van der Waals surface area contributed by atoms with Crippen LogP contribution in [0.15, 0.2) is 99.6 Å². The SMILES string of the molecule is CCCc1ccc(S(OC(C)=O)(c2ccccc2)c2ccccc2)cc1. The zero-order chi connectivity index (χ0) is 18.4. The number of carbonyl (C=O) groups excluding carboxylic acids is 1. The summed E-state index contributed by atoms with van der Waals surface area (Å²) in [5, 5.41) is 0. The number of benzene rings is 3. The molecule has 0 fully saturated rings. The summed E-state index contributed by atoms with van der Waals surface area (Å²) in [6.45, 7) is 3.66. The quantitative estimate of drug-likeness (QED) is 0.506. The first-order valence-corrected chi connectivity index (χ1v) is 10.4. The van der Waals surface area contributed by atoms with Crippen molar-refractivity contribution in [1.82, 2.24) is 0 Å². The van der Waals surface area contributed by atoms with E-state index >= 15 is 0 Å². The van der Waals surface area contributed by atoms with E-state index in [1.165, 1.54) is 12.5 Å². The summed E-state index contributed by atoms with van der Waals surface area (Å²) in [7, 11) is -2.11. The Labute approximate surface area is 157 Å². The molecule has 26 heavy (non-hydrogen) atoms. The van der Waals surface area contributed by atoms with Crippen molar-refractivity contribution in [1.29, 1.82) is 0 Å². The van der Waals surface area contributed by atoms with Crippen molar-refractivity contribution in [3.05, 3.63) is 90.5 Å². The van der Waals surface area contributed by atoms with E-state index in [1.807, 2.05) is 60.7 Å². The van der Waals surface area contributed by atoms with E-state index in [0.29, 0.717) is 0 Å². The van der Waals surface area contributed by atoms with Gasteiger partial charge in [0.05, 0.1) is 0 Å². The summed E-state index contributed by atoms with van der Waals surface area (Å²) < 4.78 is 6.14. The molecule has 0 aromatic heterocycles. The van der Waals surface area contributed by atoms with Gasteiger partial charge in [-0.25, -0.2) is 0 Å². The predicted molar refractivity (Wildman–Crippen MR) is 107 cm³/mol. The van der Waals surface area contributed by atoms with E-state index in [9.17, 15) is 4.79 Å². The van der Waals surface area contributed by atoms with Crippen LogP contribution in [0.3, 0.4) is 0 Å².